The Labute approximate surface area is 115 Å². The van der Waals surface area contributed by atoms with Gasteiger partial charge in [0.25, 0.3) is 0 Å². The lowest BCUT2D eigenvalue weighted by molar-refractivity contribution is 0.0957. The van der Waals surface area contributed by atoms with Crippen molar-refractivity contribution in [2.45, 2.75) is 47.0 Å². The number of carbonyl (C=O) groups excluding carboxylic acids is 1. The minimum Gasteiger partial charge on any atom is -0.330 e. The molecule has 0 spiro atoms. The van der Waals surface area contributed by atoms with Crippen molar-refractivity contribution in [1.82, 2.24) is 0 Å². The molecule has 0 amide bonds. The van der Waals surface area contributed by atoms with E-state index < -0.39 is 0 Å². The van der Waals surface area contributed by atoms with Crippen molar-refractivity contribution in [3.63, 3.8) is 0 Å². The maximum atomic E-state index is 12.1. The number of hydrogen-bond acceptors (Lipinski definition) is 3. The van der Waals surface area contributed by atoms with Gasteiger partial charge in [0.1, 0.15) is 0 Å². The molecule has 1 atom stereocenters. The molecular formula is C15H25NOS. The molecule has 1 rings (SSSR count). The average molecular weight is 267 g/mol. The fourth-order valence-corrected chi connectivity index (χ4v) is 3.04. The molecule has 0 aliphatic rings. The van der Waals surface area contributed by atoms with E-state index >= 15 is 0 Å². The van der Waals surface area contributed by atoms with Gasteiger partial charge in [-0.2, -0.15) is 0 Å². The summed E-state index contributed by atoms with van der Waals surface area (Å²) in [4.78, 5) is 13.3. The minimum atomic E-state index is 0.226. The van der Waals surface area contributed by atoms with Crippen molar-refractivity contribution in [1.29, 1.82) is 0 Å². The van der Waals surface area contributed by atoms with Gasteiger partial charge in [-0.3, -0.25) is 4.79 Å². The van der Waals surface area contributed by atoms with Crippen molar-refractivity contribution >= 4 is 17.1 Å². The molecular weight excluding hydrogens is 242 g/mol. The van der Waals surface area contributed by atoms with Gasteiger partial charge in [0.15, 0.2) is 5.78 Å². The maximum absolute atomic E-state index is 12.1. The second-order valence-electron chi connectivity index (χ2n) is 5.99. The van der Waals surface area contributed by atoms with E-state index in [0.29, 0.717) is 18.9 Å². The fourth-order valence-electron chi connectivity index (χ4n) is 2.33. The number of thiophene rings is 1. The van der Waals surface area contributed by atoms with Crippen LogP contribution in [0.4, 0.5) is 0 Å². The van der Waals surface area contributed by atoms with Crippen molar-refractivity contribution in [2.24, 2.45) is 17.1 Å². The van der Waals surface area contributed by atoms with Crippen LogP contribution in [0.15, 0.2) is 11.4 Å². The van der Waals surface area contributed by atoms with Crippen molar-refractivity contribution < 1.29 is 4.79 Å². The summed E-state index contributed by atoms with van der Waals surface area (Å²) < 4.78 is 0. The Hall–Kier alpha value is -0.670. The lowest BCUT2D eigenvalue weighted by Crippen LogP contribution is -2.24. The van der Waals surface area contributed by atoms with E-state index in [9.17, 15) is 4.79 Å². The molecule has 0 bridgehead atoms. The number of nitrogens with two attached hydrogens (primary N) is 1. The molecule has 0 saturated carbocycles. The summed E-state index contributed by atoms with van der Waals surface area (Å²) in [5.74, 6) is 0.797. The van der Waals surface area contributed by atoms with E-state index in [4.69, 9.17) is 5.73 Å². The highest BCUT2D eigenvalue weighted by Gasteiger charge is 2.24. The molecule has 0 radical (unpaired) electrons. The standard InChI is InChI=1S/C15H25NOS/c1-11-13(8-10-18-11)14(17)6-5-12(7-9-16)15(2,3)4/h8,10,12H,5-7,9,16H2,1-4H3. The van der Waals surface area contributed by atoms with Crippen LogP contribution in [0.5, 0.6) is 0 Å². The van der Waals surface area contributed by atoms with Gasteiger partial charge in [0.2, 0.25) is 0 Å². The van der Waals surface area contributed by atoms with Gasteiger partial charge < -0.3 is 5.73 Å². The normalized spacial score (nSPS) is 13.6. The summed E-state index contributed by atoms with van der Waals surface area (Å²) in [6.45, 7) is 9.40. The van der Waals surface area contributed by atoms with Crippen LogP contribution < -0.4 is 5.73 Å². The molecule has 1 unspecified atom stereocenters. The first-order valence-corrected chi connectivity index (χ1v) is 7.51. The zero-order valence-electron chi connectivity index (χ0n) is 12.0. The first kappa shape index (κ1) is 15.4. The lowest BCUT2D eigenvalue weighted by Gasteiger charge is -2.30. The third-order valence-corrected chi connectivity index (χ3v) is 4.46. The predicted octanol–water partition coefficient (Wildman–Crippen LogP) is 4.03. The third kappa shape index (κ3) is 4.21. The quantitative estimate of drug-likeness (QED) is 0.791. The summed E-state index contributed by atoms with van der Waals surface area (Å²) in [5, 5.41) is 1.99. The van der Waals surface area contributed by atoms with Crippen molar-refractivity contribution in [2.75, 3.05) is 6.54 Å². The van der Waals surface area contributed by atoms with Crippen LogP contribution in [0.1, 0.15) is 55.3 Å². The Morgan fingerprint density at radius 1 is 1.39 bits per heavy atom. The SMILES string of the molecule is Cc1sccc1C(=O)CCC(CCN)C(C)(C)C. The number of hydrogen-bond donors (Lipinski definition) is 1. The van der Waals surface area contributed by atoms with Gasteiger partial charge in [-0.05, 0) is 49.1 Å². The molecule has 0 aromatic carbocycles. The van der Waals surface area contributed by atoms with Crippen LogP contribution in [0.25, 0.3) is 0 Å². The molecule has 3 heteroatoms. The summed E-state index contributed by atoms with van der Waals surface area (Å²) in [5.41, 5.74) is 6.80. The van der Waals surface area contributed by atoms with Crippen LogP contribution in [-0.2, 0) is 0 Å². The average Bonchev–Trinajstić information content (AvgIpc) is 2.68. The van der Waals surface area contributed by atoms with Crippen LogP contribution >= 0.6 is 11.3 Å². The highest BCUT2D eigenvalue weighted by atomic mass is 32.1. The smallest absolute Gasteiger partial charge is 0.163 e. The molecule has 1 heterocycles. The van der Waals surface area contributed by atoms with Crippen LogP contribution in [0.2, 0.25) is 0 Å². The first-order chi connectivity index (χ1) is 8.36. The van der Waals surface area contributed by atoms with Crippen LogP contribution in [0, 0.1) is 18.3 Å². The van der Waals surface area contributed by atoms with Crippen LogP contribution in [-0.4, -0.2) is 12.3 Å². The van der Waals surface area contributed by atoms with Gasteiger partial charge in [-0.25, -0.2) is 0 Å². The predicted molar refractivity (Wildman–Crippen MR) is 79.2 cm³/mol. The second kappa shape index (κ2) is 6.48. The van der Waals surface area contributed by atoms with E-state index in [1.54, 1.807) is 11.3 Å². The van der Waals surface area contributed by atoms with E-state index in [2.05, 4.69) is 20.8 Å². The van der Waals surface area contributed by atoms with E-state index in [1.807, 2.05) is 18.4 Å². The number of carbonyl (C=O) groups is 1. The maximum Gasteiger partial charge on any atom is 0.163 e. The van der Waals surface area contributed by atoms with Crippen molar-refractivity contribution in [3.05, 3.63) is 21.9 Å². The Morgan fingerprint density at radius 3 is 2.50 bits per heavy atom. The molecule has 1 aromatic rings. The molecule has 0 fully saturated rings. The largest absolute Gasteiger partial charge is 0.330 e. The second-order valence-corrected chi connectivity index (χ2v) is 7.11. The summed E-state index contributed by atoms with van der Waals surface area (Å²) >= 11 is 1.64. The highest BCUT2D eigenvalue weighted by Crippen LogP contribution is 2.32. The number of Topliss-reactive ketones (excluding diaryl/α,β-unsaturated/α-hetero) is 1. The molecule has 0 saturated heterocycles. The molecule has 2 nitrogen and oxygen atoms in total. The Balaban J connectivity index is 2.58. The molecule has 0 aliphatic carbocycles. The number of ketones is 1. The summed E-state index contributed by atoms with van der Waals surface area (Å²) in [6, 6.07) is 1.94. The summed E-state index contributed by atoms with van der Waals surface area (Å²) in [7, 11) is 0. The third-order valence-electron chi connectivity index (χ3n) is 3.62. The summed E-state index contributed by atoms with van der Waals surface area (Å²) in [6.07, 6.45) is 2.58. The van der Waals surface area contributed by atoms with E-state index in [1.165, 1.54) is 0 Å². The highest BCUT2D eigenvalue weighted by molar-refractivity contribution is 7.10. The number of aryl methyl sites for hydroxylation is 1. The lowest BCUT2D eigenvalue weighted by atomic mass is 9.76. The number of rotatable bonds is 6. The molecule has 18 heavy (non-hydrogen) atoms. The van der Waals surface area contributed by atoms with E-state index in [-0.39, 0.29) is 11.2 Å². The first-order valence-electron chi connectivity index (χ1n) is 6.63. The van der Waals surface area contributed by atoms with Gasteiger partial charge in [0, 0.05) is 16.9 Å². The van der Waals surface area contributed by atoms with Gasteiger partial charge in [-0.15, -0.1) is 11.3 Å². The van der Waals surface area contributed by atoms with Crippen molar-refractivity contribution in [3.8, 4) is 0 Å². The topological polar surface area (TPSA) is 43.1 Å². The fraction of sp³-hybridized carbons (Fsp3) is 0.667. The zero-order chi connectivity index (χ0) is 13.8. The van der Waals surface area contributed by atoms with Gasteiger partial charge in [-0.1, -0.05) is 20.8 Å². The Kier molecular flexibility index (Phi) is 5.54. The van der Waals surface area contributed by atoms with E-state index in [0.717, 1.165) is 23.3 Å². The molecule has 1 aromatic heterocycles. The Bertz CT molecular complexity index is 389. The monoisotopic (exact) mass is 267 g/mol. The van der Waals surface area contributed by atoms with Crippen LogP contribution in [0.3, 0.4) is 0 Å². The molecule has 102 valence electrons. The molecule has 0 aliphatic heterocycles. The Morgan fingerprint density at radius 2 is 2.06 bits per heavy atom. The van der Waals surface area contributed by atoms with Gasteiger partial charge in [0.05, 0.1) is 0 Å². The molecule has 2 N–H and O–H groups in total. The van der Waals surface area contributed by atoms with Gasteiger partial charge >= 0.3 is 0 Å². The minimum absolute atomic E-state index is 0.226. The zero-order valence-corrected chi connectivity index (χ0v) is 12.8.